The summed E-state index contributed by atoms with van der Waals surface area (Å²) in [6.07, 6.45) is 0.641. The zero-order chi connectivity index (χ0) is 11.3. The first-order valence-corrected chi connectivity index (χ1v) is 4.67. The minimum Gasteiger partial charge on any atom is -0.339 e. The average molecular weight is 204 g/mol. The number of nitrogens with zero attached hydrogens (tertiary/aromatic N) is 3. The van der Waals surface area contributed by atoms with Crippen LogP contribution in [0.15, 0.2) is 6.07 Å². The maximum atomic E-state index is 11.6. The SMILES string of the molecule is CCc1nnc(C)cc1C(=O)NCC#N. The molecule has 0 atom stereocenters. The highest BCUT2D eigenvalue weighted by Gasteiger charge is 2.11. The van der Waals surface area contributed by atoms with Gasteiger partial charge in [-0.3, -0.25) is 4.79 Å². The lowest BCUT2D eigenvalue weighted by Crippen LogP contribution is -2.25. The van der Waals surface area contributed by atoms with Crippen molar-refractivity contribution in [2.24, 2.45) is 0 Å². The number of aromatic nitrogens is 2. The molecule has 5 heteroatoms. The highest BCUT2D eigenvalue weighted by Crippen LogP contribution is 2.06. The van der Waals surface area contributed by atoms with Crippen molar-refractivity contribution < 1.29 is 4.79 Å². The molecular weight excluding hydrogens is 192 g/mol. The second-order valence-corrected chi connectivity index (χ2v) is 3.04. The van der Waals surface area contributed by atoms with Gasteiger partial charge >= 0.3 is 0 Å². The summed E-state index contributed by atoms with van der Waals surface area (Å²) in [5, 5.41) is 18.6. The Bertz CT molecular complexity index is 408. The van der Waals surface area contributed by atoms with Crippen LogP contribution in [0.3, 0.4) is 0 Å². The zero-order valence-corrected chi connectivity index (χ0v) is 8.74. The molecule has 1 aromatic rings. The lowest BCUT2D eigenvalue weighted by molar-refractivity contribution is 0.0956. The fourth-order valence-corrected chi connectivity index (χ4v) is 1.19. The smallest absolute Gasteiger partial charge is 0.254 e. The van der Waals surface area contributed by atoms with Crippen molar-refractivity contribution in [3.05, 3.63) is 23.0 Å². The Hall–Kier alpha value is -1.96. The first-order chi connectivity index (χ1) is 7.19. The van der Waals surface area contributed by atoms with Crippen molar-refractivity contribution in [2.75, 3.05) is 6.54 Å². The number of hydrogen-bond donors (Lipinski definition) is 1. The Morgan fingerprint density at radius 3 is 2.93 bits per heavy atom. The van der Waals surface area contributed by atoms with E-state index in [1.54, 1.807) is 13.0 Å². The monoisotopic (exact) mass is 204 g/mol. The van der Waals surface area contributed by atoms with Gasteiger partial charge in [0.15, 0.2) is 0 Å². The summed E-state index contributed by atoms with van der Waals surface area (Å²) < 4.78 is 0. The Morgan fingerprint density at radius 1 is 1.60 bits per heavy atom. The minimum atomic E-state index is -0.272. The molecule has 0 radical (unpaired) electrons. The standard InChI is InChI=1S/C10H12N4O/c1-3-9-8(6-7(2)13-14-9)10(15)12-5-4-11/h6H,3,5H2,1-2H3,(H,12,15). The van der Waals surface area contributed by atoms with Gasteiger partial charge in [-0.15, -0.1) is 0 Å². The number of aryl methyl sites for hydroxylation is 2. The fraction of sp³-hybridized carbons (Fsp3) is 0.400. The highest BCUT2D eigenvalue weighted by atomic mass is 16.1. The molecule has 0 fully saturated rings. The normalized spacial score (nSPS) is 9.40. The number of carbonyl (C=O) groups excluding carboxylic acids is 1. The molecule has 1 rings (SSSR count). The molecule has 0 aliphatic carbocycles. The lowest BCUT2D eigenvalue weighted by Gasteiger charge is -2.05. The molecule has 1 N–H and O–H groups in total. The molecule has 0 aliphatic rings. The third-order valence-corrected chi connectivity index (χ3v) is 1.90. The van der Waals surface area contributed by atoms with Crippen LogP contribution in [0, 0.1) is 18.3 Å². The summed E-state index contributed by atoms with van der Waals surface area (Å²) in [5.41, 5.74) is 1.84. The van der Waals surface area contributed by atoms with Gasteiger partial charge in [-0.2, -0.15) is 15.5 Å². The van der Waals surface area contributed by atoms with Crippen molar-refractivity contribution in [3.63, 3.8) is 0 Å². The highest BCUT2D eigenvalue weighted by molar-refractivity contribution is 5.95. The van der Waals surface area contributed by atoms with E-state index in [1.807, 2.05) is 13.0 Å². The van der Waals surface area contributed by atoms with Gasteiger partial charge in [0.25, 0.3) is 5.91 Å². The van der Waals surface area contributed by atoms with Crippen LogP contribution in [-0.2, 0) is 6.42 Å². The van der Waals surface area contributed by atoms with Crippen molar-refractivity contribution >= 4 is 5.91 Å². The number of carbonyl (C=O) groups is 1. The topological polar surface area (TPSA) is 78.7 Å². The molecule has 1 amide bonds. The molecule has 5 nitrogen and oxygen atoms in total. The van der Waals surface area contributed by atoms with Crippen LogP contribution in [-0.4, -0.2) is 22.6 Å². The Morgan fingerprint density at radius 2 is 2.33 bits per heavy atom. The summed E-state index contributed by atoms with van der Waals surface area (Å²) in [4.78, 5) is 11.6. The molecule has 0 aliphatic heterocycles. The number of amides is 1. The average Bonchev–Trinajstić information content (AvgIpc) is 2.25. The minimum absolute atomic E-state index is 0.00333. The quantitative estimate of drug-likeness (QED) is 0.731. The van der Waals surface area contributed by atoms with E-state index in [1.165, 1.54) is 0 Å². The maximum absolute atomic E-state index is 11.6. The van der Waals surface area contributed by atoms with E-state index < -0.39 is 0 Å². The molecule has 0 bridgehead atoms. The number of hydrogen-bond acceptors (Lipinski definition) is 4. The summed E-state index contributed by atoms with van der Waals surface area (Å²) in [6, 6.07) is 3.53. The molecule has 0 unspecified atom stereocenters. The van der Waals surface area contributed by atoms with E-state index in [-0.39, 0.29) is 12.5 Å². The van der Waals surface area contributed by atoms with Gasteiger partial charge in [-0.05, 0) is 19.4 Å². The Balaban J connectivity index is 2.96. The van der Waals surface area contributed by atoms with Gasteiger partial charge in [0, 0.05) is 0 Å². The summed E-state index contributed by atoms with van der Waals surface area (Å²) in [6.45, 7) is 3.68. The number of nitrogens with one attached hydrogen (secondary N) is 1. The Kier molecular flexibility index (Phi) is 3.75. The first kappa shape index (κ1) is 11.1. The maximum Gasteiger partial charge on any atom is 0.254 e. The third kappa shape index (κ3) is 2.74. The summed E-state index contributed by atoms with van der Waals surface area (Å²) in [5.74, 6) is -0.272. The predicted octanol–water partition coefficient (Wildman–Crippen LogP) is 0.601. The van der Waals surface area contributed by atoms with Crippen LogP contribution in [0.5, 0.6) is 0 Å². The second-order valence-electron chi connectivity index (χ2n) is 3.04. The van der Waals surface area contributed by atoms with Gasteiger partial charge < -0.3 is 5.32 Å². The van der Waals surface area contributed by atoms with Crippen LogP contribution in [0.4, 0.5) is 0 Å². The van der Waals surface area contributed by atoms with Crippen LogP contribution < -0.4 is 5.32 Å². The van der Waals surface area contributed by atoms with Crippen molar-refractivity contribution in [3.8, 4) is 6.07 Å². The van der Waals surface area contributed by atoms with Crippen LogP contribution in [0.2, 0.25) is 0 Å². The fourth-order valence-electron chi connectivity index (χ4n) is 1.19. The van der Waals surface area contributed by atoms with Gasteiger partial charge in [0.1, 0.15) is 6.54 Å². The van der Waals surface area contributed by atoms with Crippen molar-refractivity contribution in [1.29, 1.82) is 5.26 Å². The molecule has 0 aromatic carbocycles. The number of nitriles is 1. The van der Waals surface area contributed by atoms with E-state index in [2.05, 4.69) is 15.5 Å². The lowest BCUT2D eigenvalue weighted by atomic mass is 10.1. The molecule has 1 aromatic heterocycles. The van der Waals surface area contributed by atoms with Crippen LogP contribution in [0.25, 0.3) is 0 Å². The molecule has 15 heavy (non-hydrogen) atoms. The summed E-state index contributed by atoms with van der Waals surface area (Å²) in [7, 11) is 0. The zero-order valence-electron chi connectivity index (χ0n) is 8.74. The van der Waals surface area contributed by atoms with E-state index >= 15 is 0 Å². The van der Waals surface area contributed by atoms with E-state index in [9.17, 15) is 4.79 Å². The van der Waals surface area contributed by atoms with Gasteiger partial charge in [-0.1, -0.05) is 6.92 Å². The number of rotatable bonds is 3. The van der Waals surface area contributed by atoms with Crippen molar-refractivity contribution in [2.45, 2.75) is 20.3 Å². The van der Waals surface area contributed by atoms with Gasteiger partial charge in [0.2, 0.25) is 0 Å². The largest absolute Gasteiger partial charge is 0.339 e. The van der Waals surface area contributed by atoms with Crippen molar-refractivity contribution in [1.82, 2.24) is 15.5 Å². The van der Waals surface area contributed by atoms with E-state index in [4.69, 9.17) is 5.26 Å². The Labute approximate surface area is 88.1 Å². The van der Waals surface area contributed by atoms with Gasteiger partial charge in [0.05, 0.1) is 23.0 Å². The third-order valence-electron chi connectivity index (χ3n) is 1.90. The first-order valence-electron chi connectivity index (χ1n) is 4.67. The van der Waals surface area contributed by atoms with E-state index in [0.29, 0.717) is 23.4 Å². The molecule has 0 spiro atoms. The molecular formula is C10H12N4O. The van der Waals surface area contributed by atoms with Gasteiger partial charge in [-0.25, -0.2) is 0 Å². The molecule has 0 saturated heterocycles. The summed E-state index contributed by atoms with van der Waals surface area (Å²) >= 11 is 0. The second kappa shape index (κ2) is 5.05. The van der Waals surface area contributed by atoms with Crippen LogP contribution in [0.1, 0.15) is 28.7 Å². The molecule has 1 heterocycles. The van der Waals surface area contributed by atoms with E-state index in [0.717, 1.165) is 0 Å². The molecule has 78 valence electrons. The predicted molar refractivity (Wildman–Crippen MR) is 54.1 cm³/mol. The van der Waals surface area contributed by atoms with Crippen LogP contribution >= 0.6 is 0 Å². The molecule has 0 saturated carbocycles.